The van der Waals surface area contributed by atoms with Gasteiger partial charge in [-0.1, -0.05) is 30.3 Å². The molecule has 2 aromatic carbocycles. The minimum atomic E-state index is -0.336. The molecule has 0 fully saturated rings. The van der Waals surface area contributed by atoms with E-state index in [1.165, 1.54) is 22.8 Å². The second-order valence-corrected chi connectivity index (χ2v) is 7.39. The normalized spacial score (nSPS) is 20.6. The van der Waals surface area contributed by atoms with Crippen LogP contribution in [0.1, 0.15) is 43.0 Å². The molecule has 0 saturated carbocycles. The van der Waals surface area contributed by atoms with E-state index in [4.69, 9.17) is 14.6 Å². The number of carbonyl (C=O) groups excluding carboxylic acids is 1. The summed E-state index contributed by atoms with van der Waals surface area (Å²) < 4.78 is 10.5. The first-order valence-corrected chi connectivity index (χ1v) is 10.1. The number of hydrogen-bond acceptors (Lipinski definition) is 5. The molecule has 0 bridgehead atoms. The third kappa shape index (κ3) is 3.65. The molecule has 1 heterocycles. The Bertz CT molecular complexity index is 965. The molecule has 2 aromatic rings. The molecule has 2 atom stereocenters. The average molecular weight is 390 g/mol. The zero-order valence-electron chi connectivity index (χ0n) is 17.1. The first-order chi connectivity index (χ1) is 14.1. The predicted octanol–water partition coefficient (Wildman–Crippen LogP) is 4.49. The first kappa shape index (κ1) is 19.2. The van der Waals surface area contributed by atoms with Crippen molar-refractivity contribution in [3.8, 4) is 5.75 Å². The van der Waals surface area contributed by atoms with Gasteiger partial charge in [0.1, 0.15) is 5.75 Å². The molecule has 0 amide bonds. The van der Waals surface area contributed by atoms with Gasteiger partial charge in [-0.15, -0.1) is 0 Å². The number of ether oxygens (including phenoxy) is 2. The maximum atomic E-state index is 12.0. The lowest BCUT2D eigenvalue weighted by Gasteiger charge is -2.31. The quantitative estimate of drug-likeness (QED) is 0.558. The minimum Gasteiger partial charge on any atom is -0.497 e. The highest BCUT2D eigenvalue weighted by molar-refractivity contribution is 6.06. The summed E-state index contributed by atoms with van der Waals surface area (Å²) in [6, 6.07) is 16.7. The van der Waals surface area contributed by atoms with Crippen LogP contribution < -0.4 is 4.74 Å². The number of benzene rings is 2. The van der Waals surface area contributed by atoms with Crippen LogP contribution in [-0.4, -0.2) is 30.4 Å². The third-order valence-corrected chi connectivity index (χ3v) is 5.64. The van der Waals surface area contributed by atoms with Gasteiger partial charge in [0.25, 0.3) is 0 Å². The van der Waals surface area contributed by atoms with E-state index < -0.39 is 0 Å². The van der Waals surface area contributed by atoms with E-state index in [-0.39, 0.29) is 17.9 Å². The van der Waals surface area contributed by atoms with Gasteiger partial charge < -0.3 is 9.47 Å². The second-order valence-electron chi connectivity index (χ2n) is 7.39. The number of hydrazone groups is 1. The molecule has 150 valence electrons. The molecule has 0 aromatic heterocycles. The van der Waals surface area contributed by atoms with Crippen molar-refractivity contribution in [3.05, 3.63) is 77.0 Å². The number of hydrogen-bond donors (Lipinski definition) is 0. The van der Waals surface area contributed by atoms with Crippen molar-refractivity contribution in [3.63, 3.8) is 0 Å². The van der Waals surface area contributed by atoms with Gasteiger partial charge in [-0.25, -0.2) is 4.79 Å². The van der Waals surface area contributed by atoms with Crippen LogP contribution in [0, 0.1) is 5.92 Å². The molecule has 0 radical (unpaired) electrons. The molecule has 0 saturated heterocycles. The number of esters is 1. The number of carbonyl (C=O) groups is 1. The number of allylic oxidation sites excluding steroid dienone is 1. The topological polar surface area (TPSA) is 51.1 Å². The van der Waals surface area contributed by atoms with Crippen LogP contribution >= 0.6 is 0 Å². The highest BCUT2D eigenvalue weighted by Crippen LogP contribution is 2.45. The molecule has 0 N–H and O–H groups in total. The fourth-order valence-corrected chi connectivity index (χ4v) is 4.33. The highest BCUT2D eigenvalue weighted by Gasteiger charge is 2.42. The van der Waals surface area contributed by atoms with Crippen molar-refractivity contribution < 1.29 is 14.3 Å². The van der Waals surface area contributed by atoms with Gasteiger partial charge in [-0.2, -0.15) is 5.10 Å². The van der Waals surface area contributed by atoms with Gasteiger partial charge in [0.2, 0.25) is 0 Å². The predicted molar refractivity (Wildman–Crippen MR) is 113 cm³/mol. The van der Waals surface area contributed by atoms with Crippen LogP contribution in [0.4, 0.5) is 0 Å². The Kier molecular flexibility index (Phi) is 5.38. The molecular formula is C24H26N2O3. The third-order valence-electron chi connectivity index (χ3n) is 5.64. The van der Waals surface area contributed by atoms with Crippen LogP contribution in [-0.2, 0) is 16.0 Å². The number of rotatable bonds is 5. The molecule has 5 nitrogen and oxygen atoms in total. The lowest BCUT2D eigenvalue weighted by Crippen LogP contribution is -2.28. The average Bonchev–Trinajstić information content (AvgIpc) is 3.14. The lowest BCUT2D eigenvalue weighted by atomic mass is 9.77. The van der Waals surface area contributed by atoms with Gasteiger partial charge in [-0.3, -0.25) is 5.01 Å². The van der Waals surface area contributed by atoms with Crippen LogP contribution in [0.15, 0.2) is 65.4 Å². The molecule has 0 spiro atoms. The molecule has 1 aliphatic heterocycles. The second kappa shape index (κ2) is 8.11. The summed E-state index contributed by atoms with van der Waals surface area (Å²) in [6.07, 6.45) is 3.52. The van der Waals surface area contributed by atoms with Crippen molar-refractivity contribution in [1.82, 2.24) is 5.01 Å². The van der Waals surface area contributed by atoms with Crippen LogP contribution in [0.2, 0.25) is 0 Å². The Morgan fingerprint density at radius 3 is 2.76 bits per heavy atom. The first-order valence-electron chi connectivity index (χ1n) is 10.1. The Hall–Kier alpha value is -3.08. The van der Waals surface area contributed by atoms with Crippen molar-refractivity contribution in [2.75, 3.05) is 13.7 Å². The van der Waals surface area contributed by atoms with Crippen molar-refractivity contribution in [2.24, 2.45) is 11.0 Å². The molecule has 29 heavy (non-hydrogen) atoms. The van der Waals surface area contributed by atoms with Gasteiger partial charge in [0, 0.05) is 23.3 Å². The molecule has 2 unspecified atom stereocenters. The van der Waals surface area contributed by atoms with E-state index in [2.05, 4.69) is 36.4 Å². The van der Waals surface area contributed by atoms with Crippen LogP contribution in [0.3, 0.4) is 0 Å². The van der Waals surface area contributed by atoms with E-state index in [0.717, 1.165) is 30.0 Å². The number of fused-ring (bicyclic) bond motifs is 3. The zero-order valence-corrected chi connectivity index (χ0v) is 17.1. The summed E-state index contributed by atoms with van der Waals surface area (Å²) >= 11 is 0. The Morgan fingerprint density at radius 2 is 2.03 bits per heavy atom. The van der Waals surface area contributed by atoms with Gasteiger partial charge in [-0.05, 0) is 56.0 Å². The summed E-state index contributed by atoms with van der Waals surface area (Å²) in [6.45, 7) is 4.09. The Balaban J connectivity index is 1.77. The molecule has 5 heteroatoms. The monoisotopic (exact) mass is 390 g/mol. The van der Waals surface area contributed by atoms with Gasteiger partial charge in [0.05, 0.1) is 25.5 Å². The maximum absolute atomic E-state index is 12.0. The summed E-state index contributed by atoms with van der Waals surface area (Å²) in [5.74, 6) is 0.802. The van der Waals surface area contributed by atoms with E-state index in [1.807, 2.05) is 31.0 Å². The number of nitrogens with zero attached hydrogens (tertiary/aromatic N) is 2. The Morgan fingerprint density at radius 1 is 1.24 bits per heavy atom. The summed E-state index contributed by atoms with van der Waals surface area (Å²) in [5, 5.41) is 7.00. The van der Waals surface area contributed by atoms with Crippen molar-refractivity contribution >= 4 is 11.7 Å². The van der Waals surface area contributed by atoms with Crippen LogP contribution in [0.25, 0.3) is 0 Å². The molecule has 1 aliphatic carbocycles. The molecule has 4 rings (SSSR count). The van der Waals surface area contributed by atoms with Crippen LogP contribution in [0.5, 0.6) is 5.75 Å². The fourth-order valence-electron chi connectivity index (χ4n) is 4.33. The SMILES string of the molecule is CCOC(=O)/C=C(\C)N1N=C2c3ccc(OC)cc3CCC2C1c1ccccc1. The minimum absolute atomic E-state index is 0.0622. The standard InChI is InChI=1S/C24H26N2O3/c1-4-29-22(27)14-16(2)26-24(17-8-6-5-7-9-17)21-12-10-18-15-19(28-3)11-13-20(18)23(21)25-26/h5-9,11,13-15,21,24H,4,10,12H2,1-3H3/b16-14+. The highest BCUT2D eigenvalue weighted by atomic mass is 16.5. The molecular weight excluding hydrogens is 364 g/mol. The molecule has 2 aliphatic rings. The summed E-state index contributed by atoms with van der Waals surface area (Å²) in [4.78, 5) is 12.0. The largest absolute Gasteiger partial charge is 0.497 e. The fraction of sp³-hybridized carbons (Fsp3) is 0.333. The smallest absolute Gasteiger partial charge is 0.332 e. The van der Waals surface area contributed by atoms with E-state index in [1.54, 1.807) is 7.11 Å². The van der Waals surface area contributed by atoms with E-state index in [9.17, 15) is 4.79 Å². The van der Waals surface area contributed by atoms with Crippen molar-refractivity contribution in [2.45, 2.75) is 32.7 Å². The van der Waals surface area contributed by atoms with E-state index in [0.29, 0.717) is 6.61 Å². The van der Waals surface area contributed by atoms with E-state index >= 15 is 0 Å². The zero-order chi connectivity index (χ0) is 20.4. The van der Waals surface area contributed by atoms with Crippen molar-refractivity contribution in [1.29, 1.82) is 0 Å². The number of aryl methyl sites for hydroxylation is 1. The summed E-state index contributed by atoms with van der Waals surface area (Å²) in [7, 11) is 1.69. The lowest BCUT2D eigenvalue weighted by molar-refractivity contribution is -0.137. The van der Waals surface area contributed by atoms with Gasteiger partial charge >= 0.3 is 5.97 Å². The Labute approximate surface area is 171 Å². The summed E-state index contributed by atoms with van der Waals surface area (Å²) in [5.41, 5.74) is 5.51. The maximum Gasteiger partial charge on any atom is 0.332 e. The number of methoxy groups -OCH3 is 1. The van der Waals surface area contributed by atoms with Gasteiger partial charge in [0.15, 0.2) is 0 Å².